The first-order valence-corrected chi connectivity index (χ1v) is 9.55. The Kier molecular flexibility index (Phi) is 3.23. The number of benzene rings is 2. The highest BCUT2D eigenvalue weighted by atomic mass is 35.5. The Balaban J connectivity index is 1.92. The molecule has 122 valence electrons. The number of aromatic nitrogens is 3. The van der Waals surface area contributed by atoms with Crippen LogP contribution in [-0.2, 0) is 16.9 Å². The third kappa shape index (κ3) is 2.39. The topological polar surface area (TPSA) is 67.8 Å². The second-order valence-corrected chi connectivity index (χ2v) is 8.20. The smallest absolute Gasteiger partial charge is 0.225 e. The zero-order chi connectivity index (χ0) is 17.1. The highest BCUT2D eigenvalue weighted by Crippen LogP contribution is 2.33. The molecule has 0 atom stereocenters. The van der Waals surface area contributed by atoms with Crippen LogP contribution in [0.5, 0.6) is 0 Å². The summed E-state index contributed by atoms with van der Waals surface area (Å²) in [4.78, 5) is 6.97. The number of hydrogen-bond acceptors (Lipinski definition) is 3. The summed E-state index contributed by atoms with van der Waals surface area (Å²) in [6, 6.07) is 11.7. The summed E-state index contributed by atoms with van der Waals surface area (Å²) in [6.45, 7) is 0. The lowest BCUT2D eigenvalue weighted by Crippen LogP contribution is -1.98. The third-order valence-corrected chi connectivity index (χ3v) is 5.30. The molecule has 24 heavy (non-hydrogen) atoms. The minimum atomic E-state index is -3.39. The maximum Gasteiger partial charge on any atom is 0.225 e. The first-order valence-electron chi connectivity index (χ1n) is 7.28. The molecule has 2 aromatic carbocycles. The Bertz CT molecular complexity index is 1210. The van der Waals surface area contributed by atoms with E-state index in [1.54, 1.807) is 6.07 Å². The molecule has 0 aliphatic carbocycles. The molecule has 0 saturated heterocycles. The number of rotatable bonds is 2. The van der Waals surface area contributed by atoms with Gasteiger partial charge < -0.3 is 9.55 Å². The van der Waals surface area contributed by atoms with E-state index in [2.05, 4.69) is 20.6 Å². The fourth-order valence-electron chi connectivity index (χ4n) is 2.85. The van der Waals surface area contributed by atoms with Crippen molar-refractivity contribution in [3.8, 4) is 11.1 Å². The minimum Gasteiger partial charge on any atom is -0.351 e. The standard InChI is InChI=1S/C17H14ClN3O2S/c1-21-6-5-11-7-10(3-4-16(11)21)12-8-14-15(9-13(12)18)20-17(19-14)24(2,22)23/h3-9H,1-2H3,(H,19,20). The molecular formula is C17H14ClN3O2S. The van der Waals surface area contributed by atoms with Gasteiger partial charge in [-0.1, -0.05) is 17.7 Å². The summed E-state index contributed by atoms with van der Waals surface area (Å²) in [5.41, 5.74) is 4.09. The third-order valence-electron chi connectivity index (χ3n) is 4.10. The van der Waals surface area contributed by atoms with Crippen LogP contribution in [0.15, 0.2) is 47.8 Å². The molecule has 0 radical (unpaired) electrons. The van der Waals surface area contributed by atoms with Crippen LogP contribution in [0, 0.1) is 0 Å². The maximum atomic E-state index is 11.7. The Labute approximate surface area is 143 Å². The van der Waals surface area contributed by atoms with Crippen molar-refractivity contribution in [2.45, 2.75) is 5.16 Å². The van der Waals surface area contributed by atoms with E-state index < -0.39 is 9.84 Å². The van der Waals surface area contributed by atoms with Crippen molar-refractivity contribution in [1.29, 1.82) is 0 Å². The van der Waals surface area contributed by atoms with E-state index in [1.165, 1.54) is 0 Å². The number of nitrogens with one attached hydrogen (secondary N) is 1. The van der Waals surface area contributed by atoms with Gasteiger partial charge in [-0.15, -0.1) is 0 Å². The van der Waals surface area contributed by atoms with Crippen LogP contribution in [0.3, 0.4) is 0 Å². The normalized spacial score (nSPS) is 12.3. The van der Waals surface area contributed by atoms with Crippen molar-refractivity contribution in [3.05, 3.63) is 47.6 Å². The van der Waals surface area contributed by atoms with Crippen molar-refractivity contribution in [2.24, 2.45) is 7.05 Å². The van der Waals surface area contributed by atoms with E-state index in [-0.39, 0.29) is 5.16 Å². The predicted molar refractivity (Wildman–Crippen MR) is 96.1 cm³/mol. The fraction of sp³-hybridized carbons (Fsp3) is 0.118. The quantitative estimate of drug-likeness (QED) is 0.592. The lowest BCUT2D eigenvalue weighted by Gasteiger charge is -2.06. The predicted octanol–water partition coefficient (Wildman–Crippen LogP) is 3.78. The number of sulfone groups is 1. The first kappa shape index (κ1) is 15.2. The highest BCUT2D eigenvalue weighted by Gasteiger charge is 2.15. The number of aryl methyl sites for hydroxylation is 1. The van der Waals surface area contributed by atoms with Crippen molar-refractivity contribution < 1.29 is 8.42 Å². The number of fused-ring (bicyclic) bond motifs is 2. The van der Waals surface area contributed by atoms with Gasteiger partial charge >= 0.3 is 0 Å². The average Bonchev–Trinajstić information content (AvgIpc) is 3.09. The van der Waals surface area contributed by atoms with Gasteiger partial charge in [0.15, 0.2) is 0 Å². The summed E-state index contributed by atoms with van der Waals surface area (Å²) in [5.74, 6) is 0. The van der Waals surface area contributed by atoms with E-state index in [0.717, 1.165) is 28.3 Å². The molecule has 0 amide bonds. The number of halogens is 1. The molecule has 0 unspecified atom stereocenters. The average molecular weight is 360 g/mol. The summed E-state index contributed by atoms with van der Waals surface area (Å²) in [6.07, 6.45) is 3.13. The van der Waals surface area contributed by atoms with Gasteiger partial charge in [-0.3, -0.25) is 0 Å². The monoisotopic (exact) mass is 359 g/mol. The second kappa shape index (κ2) is 5.09. The van der Waals surface area contributed by atoms with Crippen molar-refractivity contribution in [1.82, 2.24) is 14.5 Å². The fourth-order valence-corrected chi connectivity index (χ4v) is 3.69. The molecule has 0 aliphatic heterocycles. The van der Waals surface area contributed by atoms with Gasteiger partial charge in [0.05, 0.1) is 16.1 Å². The molecule has 2 aromatic heterocycles. The van der Waals surface area contributed by atoms with Crippen LogP contribution >= 0.6 is 11.6 Å². The Morgan fingerprint density at radius 1 is 1.17 bits per heavy atom. The van der Waals surface area contributed by atoms with E-state index >= 15 is 0 Å². The number of aromatic amines is 1. The van der Waals surface area contributed by atoms with Crippen LogP contribution < -0.4 is 0 Å². The van der Waals surface area contributed by atoms with Crippen LogP contribution in [0.25, 0.3) is 33.1 Å². The zero-order valence-electron chi connectivity index (χ0n) is 13.0. The number of nitrogens with zero attached hydrogens (tertiary/aromatic N) is 2. The second-order valence-electron chi connectivity index (χ2n) is 5.86. The molecule has 2 heterocycles. The van der Waals surface area contributed by atoms with E-state index in [1.807, 2.05) is 37.5 Å². The molecule has 5 nitrogen and oxygen atoms in total. The SMILES string of the molecule is Cn1ccc2cc(-c3cc4nc(S(C)(=O)=O)[nH]c4cc3Cl)ccc21. The van der Waals surface area contributed by atoms with Gasteiger partial charge in [0.1, 0.15) is 0 Å². The van der Waals surface area contributed by atoms with Gasteiger partial charge in [-0.25, -0.2) is 13.4 Å². The lowest BCUT2D eigenvalue weighted by atomic mass is 10.0. The lowest BCUT2D eigenvalue weighted by molar-refractivity contribution is 0.595. The maximum absolute atomic E-state index is 11.7. The molecule has 7 heteroatoms. The zero-order valence-corrected chi connectivity index (χ0v) is 14.6. The van der Waals surface area contributed by atoms with Crippen LogP contribution in [0.1, 0.15) is 0 Å². The highest BCUT2D eigenvalue weighted by molar-refractivity contribution is 7.90. The van der Waals surface area contributed by atoms with Gasteiger partial charge in [0, 0.05) is 36.0 Å². The number of imidazole rings is 1. The van der Waals surface area contributed by atoms with Crippen molar-refractivity contribution in [2.75, 3.05) is 6.26 Å². The van der Waals surface area contributed by atoms with Gasteiger partial charge in [-0.05, 0) is 35.9 Å². The molecule has 1 N–H and O–H groups in total. The first-order chi connectivity index (χ1) is 11.3. The van der Waals surface area contributed by atoms with Gasteiger partial charge in [0.2, 0.25) is 15.0 Å². The summed E-state index contributed by atoms with van der Waals surface area (Å²) in [5, 5.41) is 1.61. The summed E-state index contributed by atoms with van der Waals surface area (Å²) < 4.78 is 25.4. The van der Waals surface area contributed by atoms with Crippen LogP contribution in [0.2, 0.25) is 5.02 Å². The molecule has 0 saturated carbocycles. The summed E-state index contributed by atoms with van der Waals surface area (Å²) in [7, 11) is -1.40. The van der Waals surface area contributed by atoms with Crippen LogP contribution in [-0.4, -0.2) is 29.2 Å². The molecule has 0 fully saturated rings. The number of H-pyrrole nitrogens is 1. The molecule has 0 spiro atoms. The minimum absolute atomic E-state index is 0.0516. The molecule has 0 bridgehead atoms. The van der Waals surface area contributed by atoms with Crippen LogP contribution in [0.4, 0.5) is 0 Å². The van der Waals surface area contributed by atoms with Crippen molar-refractivity contribution in [3.63, 3.8) is 0 Å². The Morgan fingerprint density at radius 2 is 1.96 bits per heavy atom. The van der Waals surface area contributed by atoms with E-state index in [9.17, 15) is 8.42 Å². The summed E-state index contributed by atoms with van der Waals surface area (Å²) >= 11 is 6.42. The molecule has 4 aromatic rings. The number of hydrogen-bond donors (Lipinski definition) is 1. The largest absolute Gasteiger partial charge is 0.351 e. The Hall–Kier alpha value is -2.31. The molecule has 4 rings (SSSR count). The molecule has 0 aliphatic rings. The van der Waals surface area contributed by atoms with Gasteiger partial charge in [-0.2, -0.15) is 0 Å². The van der Waals surface area contributed by atoms with E-state index in [0.29, 0.717) is 16.1 Å². The van der Waals surface area contributed by atoms with Gasteiger partial charge in [0.25, 0.3) is 0 Å². The van der Waals surface area contributed by atoms with E-state index in [4.69, 9.17) is 11.6 Å². The van der Waals surface area contributed by atoms with Crippen molar-refractivity contribution >= 4 is 43.4 Å². The molecular weight excluding hydrogens is 346 g/mol. The Morgan fingerprint density at radius 3 is 2.71 bits per heavy atom.